The zero-order valence-electron chi connectivity index (χ0n) is 18.9. The van der Waals surface area contributed by atoms with Crippen molar-refractivity contribution in [3.8, 4) is 11.5 Å². The first-order chi connectivity index (χ1) is 14.9. The first kappa shape index (κ1) is 24.2. The van der Waals surface area contributed by atoms with E-state index in [2.05, 4.69) is 31.3 Å². The summed E-state index contributed by atoms with van der Waals surface area (Å²) in [5.41, 5.74) is 2.24. The van der Waals surface area contributed by atoms with E-state index in [1.807, 2.05) is 25.1 Å². The molecule has 5 heteroatoms. The Labute approximate surface area is 185 Å². The molecule has 0 fully saturated rings. The van der Waals surface area contributed by atoms with Gasteiger partial charge < -0.3 is 14.8 Å². The van der Waals surface area contributed by atoms with Crippen LogP contribution in [0, 0.1) is 12.8 Å². The Balaban J connectivity index is 1.85. The van der Waals surface area contributed by atoms with Gasteiger partial charge in [-0.1, -0.05) is 50.3 Å². The largest absolute Gasteiger partial charge is 0.493 e. The lowest BCUT2D eigenvalue weighted by molar-refractivity contribution is -0.121. The molecule has 31 heavy (non-hydrogen) atoms. The molecule has 0 aromatic heterocycles. The van der Waals surface area contributed by atoms with Gasteiger partial charge in [0.2, 0.25) is 5.91 Å². The summed E-state index contributed by atoms with van der Waals surface area (Å²) in [5, 5.41) is 2.93. The monoisotopic (exact) mass is 423 g/mol. The fourth-order valence-electron chi connectivity index (χ4n) is 3.07. The van der Waals surface area contributed by atoms with Gasteiger partial charge in [-0.05, 0) is 61.4 Å². The van der Waals surface area contributed by atoms with Crippen molar-refractivity contribution in [2.75, 3.05) is 7.11 Å². The Morgan fingerprint density at radius 2 is 1.84 bits per heavy atom. The number of amides is 1. The van der Waals surface area contributed by atoms with Gasteiger partial charge in [0.05, 0.1) is 12.7 Å². The van der Waals surface area contributed by atoms with E-state index in [-0.39, 0.29) is 5.91 Å². The summed E-state index contributed by atoms with van der Waals surface area (Å²) in [5.74, 6) is 0.964. The van der Waals surface area contributed by atoms with Crippen molar-refractivity contribution in [3.05, 3.63) is 71.3 Å². The van der Waals surface area contributed by atoms with Crippen LogP contribution in [0.4, 0.5) is 0 Å². The molecule has 2 rings (SSSR count). The van der Waals surface area contributed by atoms with E-state index in [0.717, 1.165) is 30.4 Å². The Morgan fingerprint density at radius 1 is 1.06 bits per heavy atom. The predicted octanol–water partition coefficient (Wildman–Crippen LogP) is 5.61. The maximum atomic E-state index is 12.5. The molecule has 0 saturated heterocycles. The van der Waals surface area contributed by atoms with Gasteiger partial charge in [0.1, 0.15) is 0 Å². The molecular weight excluding hydrogens is 390 g/mol. The number of carbonyl (C=O) groups is 2. The molecule has 0 bridgehead atoms. The van der Waals surface area contributed by atoms with E-state index in [1.54, 1.807) is 24.3 Å². The number of esters is 1. The van der Waals surface area contributed by atoms with Gasteiger partial charge in [-0.3, -0.25) is 4.79 Å². The van der Waals surface area contributed by atoms with Gasteiger partial charge in [0, 0.05) is 13.0 Å². The number of unbranched alkanes of at least 4 members (excludes halogenated alkanes) is 2. The van der Waals surface area contributed by atoms with Gasteiger partial charge >= 0.3 is 5.97 Å². The molecule has 0 saturated carbocycles. The molecule has 1 amide bonds. The second-order valence-corrected chi connectivity index (χ2v) is 7.88. The minimum Gasteiger partial charge on any atom is -0.493 e. The molecule has 0 unspecified atom stereocenters. The summed E-state index contributed by atoms with van der Waals surface area (Å²) >= 11 is 0. The number of allylic oxidation sites excluding steroid dienone is 2. The van der Waals surface area contributed by atoms with E-state index < -0.39 is 5.97 Å². The average molecular weight is 424 g/mol. The molecule has 0 atom stereocenters. The zero-order chi connectivity index (χ0) is 22.6. The molecule has 2 aromatic rings. The number of ether oxygens (including phenoxy) is 2. The number of methoxy groups -OCH3 is 1. The number of aryl methyl sites for hydroxylation is 1. The van der Waals surface area contributed by atoms with E-state index in [0.29, 0.717) is 35.9 Å². The van der Waals surface area contributed by atoms with E-state index in [1.165, 1.54) is 7.11 Å². The molecular formula is C26H33NO4. The fraction of sp³-hybridized carbons (Fsp3) is 0.385. The van der Waals surface area contributed by atoms with Gasteiger partial charge in [-0.25, -0.2) is 4.79 Å². The second-order valence-electron chi connectivity index (χ2n) is 7.88. The van der Waals surface area contributed by atoms with Crippen LogP contribution in [-0.4, -0.2) is 19.0 Å². The maximum Gasteiger partial charge on any atom is 0.343 e. The number of nitrogens with one attached hydrogen (secondary N) is 1. The van der Waals surface area contributed by atoms with Crippen molar-refractivity contribution in [1.29, 1.82) is 0 Å². The maximum absolute atomic E-state index is 12.5. The van der Waals surface area contributed by atoms with E-state index in [4.69, 9.17) is 9.47 Å². The Kier molecular flexibility index (Phi) is 9.82. The number of hydrogen-bond donors (Lipinski definition) is 1. The van der Waals surface area contributed by atoms with Crippen molar-refractivity contribution in [1.82, 2.24) is 5.32 Å². The third-order valence-electron chi connectivity index (χ3n) is 4.83. The SMILES string of the molecule is COc1cc(CNC(=O)CCCC/C=C/C(C)C)ccc1OC(=O)c1ccccc1C. The Morgan fingerprint density at radius 3 is 2.55 bits per heavy atom. The van der Waals surface area contributed by atoms with Crippen LogP contribution in [-0.2, 0) is 11.3 Å². The third-order valence-corrected chi connectivity index (χ3v) is 4.83. The Bertz CT molecular complexity index is 902. The highest BCUT2D eigenvalue weighted by Crippen LogP contribution is 2.29. The molecule has 166 valence electrons. The smallest absolute Gasteiger partial charge is 0.343 e. The van der Waals surface area contributed by atoms with Crippen LogP contribution < -0.4 is 14.8 Å². The van der Waals surface area contributed by atoms with Crippen LogP contribution in [0.2, 0.25) is 0 Å². The van der Waals surface area contributed by atoms with Crippen LogP contribution in [0.15, 0.2) is 54.6 Å². The summed E-state index contributed by atoms with van der Waals surface area (Å²) in [6.07, 6.45) is 7.76. The molecule has 0 aliphatic rings. The molecule has 0 radical (unpaired) electrons. The topological polar surface area (TPSA) is 64.6 Å². The van der Waals surface area contributed by atoms with Crippen LogP contribution in [0.5, 0.6) is 11.5 Å². The van der Waals surface area contributed by atoms with Crippen molar-refractivity contribution in [2.24, 2.45) is 5.92 Å². The van der Waals surface area contributed by atoms with Gasteiger partial charge in [0.25, 0.3) is 0 Å². The molecule has 1 N–H and O–H groups in total. The van der Waals surface area contributed by atoms with Gasteiger partial charge in [0.15, 0.2) is 11.5 Å². The molecule has 0 heterocycles. The van der Waals surface area contributed by atoms with Crippen molar-refractivity contribution >= 4 is 11.9 Å². The summed E-state index contributed by atoms with van der Waals surface area (Å²) in [6.45, 7) is 6.57. The van der Waals surface area contributed by atoms with Crippen LogP contribution in [0.3, 0.4) is 0 Å². The zero-order valence-corrected chi connectivity index (χ0v) is 18.9. The molecule has 2 aromatic carbocycles. The minimum atomic E-state index is -0.430. The quantitative estimate of drug-likeness (QED) is 0.221. The molecule has 0 spiro atoms. The first-order valence-corrected chi connectivity index (χ1v) is 10.8. The molecule has 5 nitrogen and oxygen atoms in total. The lowest BCUT2D eigenvalue weighted by atomic mass is 10.1. The standard InChI is InChI=1S/C26H33NO4/c1-19(2)11-7-5-6-8-14-25(28)27-18-21-15-16-23(24(17-21)30-4)31-26(29)22-13-10-9-12-20(22)3/h7,9-13,15-17,19H,5-6,8,14,18H2,1-4H3,(H,27,28)/b11-7+. The summed E-state index contributed by atoms with van der Waals surface area (Å²) < 4.78 is 10.9. The highest BCUT2D eigenvalue weighted by Gasteiger charge is 2.14. The highest BCUT2D eigenvalue weighted by molar-refractivity contribution is 5.92. The molecule has 0 aliphatic heterocycles. The third kappa shape index (κ3) is 8.28. The summed E-state index contributed by atoms with van der Waals surface area (Å²) in [4.78, 5) is 24.5. The van der Waals surface area contributed by atoms with E-state index >= 15 is 0 Å². The van der Waals surface area contributed by atoms with E-state index in [9.17, 15) is 9.59 Å². The summed E-state index contributed by atoms with van der Waals surface area (Å²) in [6, 6.07) is 12.6. The average Bonchev–Trinajstić information content (AvgIpc) is 2.75. The van der Waals surface area contributed by atoms with Crippen LogP contribution in [0.1, 0.15) is 61.0 Å². The Hall–Kier alpha value is -3.08. The van der Waals surface area contributed by atoms with Crippen molar-refractivity contribution in [2.45, 2.75) is 53.0 Å². The lowest BCUT2D eigenvalue weighted by Crippen LogP contribution is -2.22. The summed E-state index contributed by atoms with van der Waals surface area (Å²) in [7, 11) is 1.52. The number of benzene rings is 2. The van der Waals surface area contributed by atoms with Crippen LogP contribution >= 0.6 is 0 Å². The fourth-order valence-corrected chi connectivity index (χ4v) is 3.07. The van der Waals surface area contributed by atoms with Gasteiger partial charge in [-0.15, -0.1) is 0 Å². The van der Waals surface area contributed by atoms with Crippen molar-refractivity contribution in [3.63, 3.8) is 0 Å². The normalized spacial score (nSPS) is 11.0. The highest BCUT2D eigenvalue weighted by atomic mass is 16.6. The predicted molar refractivity (Wildman–Crippen MR) is 123 cm³/mol. The number of rotatable bonds is 11. The first-order valence-electron chi connectivity index (χ1n) is 10.8. The number of carbonyl (C=O) groups excluding carboxylic acids is 2. The minimum absolute atomic E-state index is 0.0295. The lowest BCUT2D eigenvalue weighted by Gasteiger charge is -2.12. The second kappa shape index (κ2) is 12.6. The van der Waals surface area contributed by atoms with Crippen molar-refractivity contribution < 1.29 is 19.1 Å². The van der Waals surface area contributed by atoms with Crippen LogP contribution in [0.25, 0.3) is 0 Å². The molecule has 0 aliphatic carbocycles. The van der Waals surface area contributed by atoms with Gasteiger partial charge in [-0.2, -0.15) is 0 Å². The number of hydrogen-bond acceptors (Lipinski definition) is 4.